The second-order valence-corrected chi connectivity index (χ2v) is 8.44. The topological polar surface area (TPSA) is 69.9 Å². The molecule has 1 aromatic heterocycles. The van der Waals surface area contributed by atoms with Gasteiger partial charge in [0.05, 0.1) is 35.6 Å². The van der Waals surface area contributed by atoms with Gasteiger partial charge in [-0.15, -0.1) is 0 Å². The van der Waals surface area contributed by atoms with E-state index >= 15 is 0 Å². The molecular formula is C25H24N2O4S. The summed E-state index contributed by atoms with van der Waals surface area (Å²) in [4.78, 5) is 31.6. The van der Waals surface area contributed by atoms with Crippen LogP contribution in [0.2, 0.25) is 0 Å². The van der Waals surface area contributed by atoms with Gasteiger partial charge < -0.3 is 9.47 Å². The summed E-state index contributed by atoms with van der Waals surface area (Å²) in [6.45, 7) is 5.77. The third-order valence-electron chi connectivity index (χ3n) is 5.40. The van der Waals surface area contributed by atoms with E-state index in [1.54, 1.807) is 25.5 Å². The Kier molecular flexibility index (Phi) is 6.10. The molecule has 0 saturated heterocycles. The van der Waals surface area contributed by atoms with Gasteiger partial charge in [0.25, 0.3) is 5.56 Å². The minimum Gasteiger partial charge on any atom is -0.497 e. The lowest BCUT2D eigenvalue weighted by Crippen LogP contribution is -2.39. The minimum atomic E-state index is -0.592. The lowest BCUT2D eigenvalue weighted by Gasteiger charge is -2.24. The van der Waals surface area contributed by atoms with Gasteiger partial charge >= 0.3 is 5.97 Å². The summed E-state index contributed by atoms with van der Waals surface area (Å²) < 4.78 is 12.7. The van der Waals surface area contributed by atoms with Gasteiger partial charge in [-0.1, -0.05) is 47.7 Å². The Balaban J connectivity index is 1.93. The third kappa shape index (κ3) is 3.91. The molecule has 0 saturated carbocycles. The summed E-state index contributed by atoms with van der Waals surface area (Å²) in [7, 11) is 1.62. The molecule has 0 fully saturated rings. The molecule has 2 heterocycles. The SMILES string of the molecule is CCOC(=O)C1=C(C)N=c2sc(=Cc3ccc(OC)cc3C)c(=O)n2[C@H]1c1ccccc1. The fourth-order valence-corrected chi connectivity index (χ4v) is 4.86. The van der Waals surface area contributed by atoms with Gasteiger partial charge in [-0.2, -0.15) is 0 Å². The van der Waals surface area contributed by atoms with Gasteiger partial charge in [0.1, 0.15) is 5.75 Å². The first-order chi connectivity index (χ1) is 15.4. The number of aromatic nitrogens is 1. The summed E-state index contributed by atoms with van der Waals surface area (Å²) in [5.74, 6) is 0.308. The van der Waals surface area contributed by atoms with Crippen LogP contribution in [-0.4, -0.2) is 24.3 Å². The van der Waals surface area contributed by atoms with Crippen LogP contribution in [-0.2, 0) is 9.53 Å². The zero-order valence-electron chi connectivity index (χ0n) is 18.4. The molecule has 0 radical (unpaired) electrons. The quantitative estimate of drug-likeness (QED) is 0.563. The van der Waals surface area contributed by atoms with Crippen molar-refractivity contribution < 1.29 is 14.3 Å². The van der Waals surface area contributed by atoms with E-state index in [0.29, 0.717) is 20.6 Å². The molecule has 6 nitrogen and oxygen atoms in total. The second kappa shape index (κ2) is 8.96. The van der Waals surface area contributed by atoms with Crippen molar-refractivity contribution in [1.82, 2.24) is 4.57 Å². The van der Waals surface area contributed by atoms with Crippen LogP contribution in [0.3, 0.4) is 0 Å². The van der Waals surface area contributed by atoms with E-state index in [4.69, 9.17) is 9.47 Å². The number of aryl methyl sites for hydroxylation is 1. The van der Waals surface area contributed by atoms with Crippen molar-refractivity contribution in [2.75, 3.05) is 13.7 Å². The van der Waals surface area contributed by atoms with Gasteiger partial charge in [-0.25, -0.2) is 9.79 Å². The van der Waals surface area contributed by atoms with Crippen molar-refractivity contribution in [3.8, 4) is 5.75 Å². The molecule has 2 aromatic carbocycles. The normalized spacial score (nSPS) is 15.9. The monoisotopic (exact) mass is 448 g/mol. The summed E-state index contributed by atoms with van der Waals surface area (Å²) in [6.07, 6.45) is 1.87. The van der Waals surface area contributed by atoms with E-state index in [9.17, 15) is 9.59 Å². The number of allylic oxidation sites excluding steroid dienone is 1. The molecule has 7 heteroatoms. The fourth-order valence-electron chi connectivity index (χ4n) is 3.82. The maximum absolute atomic E-state index is 13.6. The van der Waals surface area contributed by atoms with Gasteiger partial charge in [-0.3, -0.25) is 9.36 Å². The van der Waals surface area contributed by atoms with Crippen LogP contribution < -0.4 is 19.6 Å². The van der Waals surface area contributed by atoms with Gasteiger partial charge in [0, 0.05) is 0 Å². The van der Waals surface area contributed by atoms with Crippen LogP contribution in [0.15, 0.2) is 69.6 Å². The number of hydrogen-bond donors (Lipinski definition) is 0. The van der Waals surface area contributed by atoms with Crippen LogP contribution >= 0.6 is 11.3 Å². The standard InChI is InChI=1S/C25H24N2O4S/c1-5-31-24(29)21-16(3)26-25-27(22(21)17-9-7-6-8-10-17)23(28)20(32-25)14-18-11-12-19(30-4)13-15(18)2/h6-14,22H,5H2,1-4H3/t22-/m0/s1. The van der Waals surface area contributed by atoms with Crippen LogP contribution in [0, 0.1) is 6.92 Å². The van der Waals surface area contributed by atoms with Crippen molar-refractivity contribution in [3.63, 3.8) is 0 Å². The molecule has 0 unspecified atom stereocenters. The molecule has 4 rings (SSSR count). The number of methoxy groups -OCH3 is 1. The van der Waals surface area contributed by atoms with Crippen molar-refractivity contribution >= 4 is 23.4 Å². The van der Waals surface area contributed by atoms with E-state index in [1.165, 1.54) is 11.3 Å². The number of ether oxygens (including phenoxy) is 2. The molecule has 164 valence electrons. The summed E-state index contributed by atoms with van der Waals surface area (Å²) in [6, 6.07) is 14.6. The Bertz CT molecular complexity index is 1380. The van der Waals surface area contributed by atoms with E-state index in [0.717, 1.165) is 22.4 Å². The maximum Gasteiger partial charge on any atom is 0.338 e. The predicted octanol–water partition coefficient (Wildman–Crippen LogP) is 3.12. The number of hydrogen-bond acceptors (Lipinski definition) is 6. The predicted molar refractivity (Wildman–Crippen MR) is 125 cm³/mol. The molecule has 0 N–H and O–H groups in total. The van der Waals surface area contributed by atoms with Gasteiger partial charge in [0.2, 0.25) is 0 Å². The maximum atomic E-state index is 13.6. The highest BCUT2D eigenvalue weighted by Crippen LogP contribution is 2.30. The number of benzene rings is 2. The average Bonchev–Trinajstić information content (AvgIpc) is 3.09. The number of nitrogens with zero attached hydrogens (tertiary/aromatic N) is 2. The molecule has 1 aliphatic heterocycles. The largest absolute Gasteiger partial charge is 0.497 e. The molecule has 3 aromatic rings. The number of fused-ring (bicyclic) bond motifs is 1. The molecular weight excluding hydrogens is 424 g/mol. The minimum absolute atomic E-state index is 0.188. The number of carbonyl (C=O) groups is 1. The van der Waals surface area contributed by atoms with Crippen LogP contribution in [0.25, 0.3) is 6.08 Å². The molecule has 0 amide bonds. The molecule has 0 bridgehead atoms. The van der Waals surface area contributed by atoms with Crippen molar-refractivity contribution in [1.29, 1.82) is 0 Å². The van der Waals surface area contributed by atoms with Crippen LogP contribution in [0.5, 0.6) is 5.75 Å². The molecule has 1 aliphatic rings. The Morgan fingerprint density at radius 3 is 2.59 bits per heavy atom. The fraction of sp³-hybridized carbons (Fsp3) is 0.240. The Hall–Kier alpha value is -3.45. The number of thiazole rings is 1. The third-order valence-corrected chi connectivity index (χ3v) is 6.38. The van der Waals surface area contributed by atoms with Crippen LogP contribution in [0.1, 0.15) is 36.6 Å². The molecule has 0 spiro atoms. The smallest absolute Gasteiger partial charge is 0.338 e. The van der Waals surface area contributed by atoms with E-state index in [2.05, 4.69) is 4.99 Å². The Morgan fingerprint density at radius 1 is 1.19 bits per heavy atom. The Labute approximate surface area is 189 Å². The van der Waals surface area contributed by atoms with Crippen molar-refractivity contribution in [2.24, 2.45) is 4.99 Å². The number of carbonyl (C=O) groups excluding carboxylic acids is 1. The lowest BCUT2D eigenvalue weighted by atomic mass is 9.96. The lowest BCUT2D eigenvalue weighted by molar-refractivity contribution is -0.139. The van der Waals surface area contributed by atoms with Crippen molar-refractivity contribution in [3.05, 3.63) is 96.2 Å². The van der Waals surface area contributed by atoms with Crippen molar-refractivity contribution in [2.45, 2.75) is 26.8 Å². The second-order valence-electron chi connectivity index (χ2n) is 7.44. The first-order valence-corrected chi connectivity index (χ1v) is 11.2. The summed E-state index contributed by atoms with van der Waals surface area (Å²) in [5, 5.41) is 0. The summed E-state index contributed by atoms with van der Waals surface area (Å²) in [5.41, 5.74) is 3.51. The van der Waals surface area contributed by atoms with Gasteiger partial charge in [0.15, 0.2) is 4.80 Å². The first kappa shape index (κ1) is 21.8. The summed E-state index contributed by atoms with van der Waals surface area (Å²) >= 11 is 1.32. The highest BCUT2D eigenvalue weighted by molar-refractivity contribution is 7.07. The Morgan fingerprint density at radius 2 is 1.94 bits per heavy atom. The zero-order chi connectivity index (χ0) is 22.8. The molecule has 1 atom stereocenters. The number of esters is 1. The van der Waals surface area contributed by atoms with E-state index < -0.39 is 12.0 Å². The van der Waals surface area contributed by atoms with Gasteiger partial charge in [-0.05, 0) is 55.7 Å². The van der Waals surface area contributed by atoms with Crippen LogP contribution in [0.4, 0.5) is 0 Å². The van der Waals surface area contributed by atoms with E-state index in [-0.39, 0.29) is 12.2 Å². The molecule has 32 heavy (non-hydrogen) atoms. The molecule has 0 aliphatic carbocycles. The van der Waals surface area contributed by atoms with E-state index in [1.807, 2.05) is 61.5 Å². The highest BCUT2D eigenvalue weighted by atomic mass is 32.1. The first-order valence-electron chi connectivity index (χ1n) is 10.3. The highest BCUT2D eigenvalue weighted by Gasteiger charge is 2.33. The number of rotatable bonds is 5. The average molecular weight is 449 g/mol. The zero-order valence-corrected chi connectivity index (χ0v) is 19.2.